The molecule has 1 aliphatic carbocycles. The second-order valence-corrected chi connectivity index (χ2v) is 5.10. The summed E-state index contributed by atoms with van der Waals surface area (Å²) in [4.78, 5) is 0. The third-order valence-electron chi connectivity index (χ3n) is 3.70. The van der Waals surface area contributed by atoms with Crippen molar-refractivity contribution in [1.29, 1.82) is 0 Å². The molecule has 0 aromatic carbocycles. The number of nitrogens with zero attached hydrogens (tertiary/aromatic N) is 2. The summed E-state index contributed by atoms with van der Waals surface area (Å²) in [5.74, 6) is 1.72. The minimum Gasteiger partial charge on any atom is -0.308 e. The van der Waals surface area contributed by atoms with Gasteiger partial charge in [0, 0.05) is 18.0 Å². The number of hydrogen-bond donors (Lipinski definition) is 1. The van der Waals surface area contributed by atoms with Gasteiger partial charge in [-0.2, -0.15) is 0 Å². The van der Waals surface area contributed by atoms with E-state index in [9.17, 15) is 0 Å². The molecule has 0 spiro atoms. The van der Waals surface area contributed by atoms with Crippen LogP contribution in [0.25, 0.3) is 0 Å². The molecule has 84 valence electrons. The molecule has 3 unspecified atom stereocenters. The van der Waals surface area contributed by atoms with Gasteiger partial charge in [-0.3, -0.25) is 0 Å². The highest BCUT2D eigenvalue weighted by Crippen LogP contribution is 2.33. The smallest absolute Gasteiger partial charge is 0.0893 e. The Morgan fingerprint density at radius 1 is 1.53 bits per heavy atom. The van der Waals surface area contributed by atoms with Crippen LogP contribution in [0.3, 0.4) is 0 Å². The Labute approximate surface area is 95.4 Å². The van der Waals surface area contributed by atoms with Crippen molar-refractivity contribution in [1.82, 2.24) is 14.9 Å². The Kier molecular flexibility index (Phi) is 3.70. The third-order valence-corrected chi connectivity index (χ3v) is 4.26. The molecule has 1 heterocycles. The van der Waals surface area contributed by atoms with E-state index >= 15 is 0 Å². The minimum absolute atomic E-state index is 0.677. The molecule has 0 radical (unpaired) electrons. The Balaban J connectivity index is 1.81. The average molecular weight is 225 g/mol. The molecule has 3 nitrogen and oxygen atoms in total. The lowest BCUT2D eigenvalue weighted by Gasteiger charge is -2.20. The van der Waals surface area contributed by atoms with E-state index in [1.807, 2.05) is 5.38 Å². The fourth-order valence-corrected chi connectivity index (χ4v) is 3.06. The monoisotopic (exact) mass is 225 g/mol. The van der Waals surface area contributed by atoms with Gasteiger partial charge < -0.3 is 5.32 Å². The van der Waals surface area contributed by atoms with Crippen molar-refractivity contribution < 1.29 is 0 Å². The lowest BCUT2D eigenvalue weighted by Crippen LogP contribution is -2.32. The van der Waals surface area contributed by atoms with Crippen LogP contribution in [-0.4, -0.2) is 15.6 Å². The first-order chi connectivity index (χ1) is 7.31. The fraction of sp³-hybridized carbons (Fsp3) is 0.818. The average Bonchev–Trinajstić information content (AvgIpc) is 2.85. The summed E-state index contributed by atoms with van der Waals surface area (Å²) < 4.78 is 3.87. The number of aromatic nitrogens is 2. The van der Waals surface area contributed by atoms with Crippen LogP contribution < -0.4 is 5.32 Å². The first kappa shape index (κ1) is 11.0. The zero-order valence-corrected chi connectivity index (χ0v) is 10.3. The molecule has 0 saturated heterocycles. The van der Waals surface area contributed by atoms with Crippen LogP contribution in [0.5, 0.6) is 0 Å². The van der Waals surface area contributed by atoms with E-state index in [1.54, 1.807) is 0 Å². The summed E-state index contributed by atoms with van der Waals surface area (Å²) in [6.45, 7) is 5.55. The molecule has 0 bridgehead atoms. The maximum absolute atomic E-state index is 4.05. The van der Waals surface area contributed by atoms with E-state index in [2.05, 4.69) is 28.8 Å². The van der Waals surface area contributed by atoms with Crippen LogP contribution in [0.2, 0.25) is 0 Å². The zero-order chi connectivity index (χ0) is 10.7. The highest BCUT2D eigenvalue weighted by Gasteiger charge is 2.30. The molecule has 1 aromatic rings. The largest absolute Gasteiger partial charge is 0.308 e. The molecular weight excluding hydrogens is 206 g/mol. The van der Waals surface area contributed by atoms with Crippen LogP contribution >= 0.6 is 11.5 Å². The Bertz CT molecular complexity index is 286. The third kappa shape index (κ3) is 2.55. The molecule has 1 aliphatic rings. The lowest BCUT2D eigenvalue weighted by molar-refractivity contribution is 0.343. The molecule has 1 fully saturated rings. The second-order valence-electron chi connectivity index (χ2n) is 4.49. The fourth-order valence-electron chi connectivity index (χ4n) is 2.61. The van der Waals surface area contributed by atoms with Gasteiger partial charge in [0.2, 0.25) is 0 Å². The predicted molar refractivity (Wildman–Crippen MR) is 62.7 cm³/mol. The predicted octanol–water partition coefficient (Wildman–Crippen LogP) is 2.45. The van der Waals surface area contributed by atoms with E-state index < -0.39 is 0 Å². The SMILES string of the molecule is CCC1CCC(NCc2csnn2)C1C. The zero-order valence-electron chi connectivity index (χ0n) is 9.44. The van der Waals surface area contributed by atoms with Crippen LogP contribution in [0.4, 0.5) is 0 Å². The van der Waals surface area contributed by atoms with Crippen LogP contribution in [0, 0.1) is 11.8 Å². The van der Waals surface area contributed by atoms with Crippen molar-refractivity contribution in [2.24, 2.45) is 11.8 Å². The van der Waals surface area contributed by atoms with Gasteiger partial charge in [-0.25, -0.2) is 0 Å². The normalized spacial score (nSPS) is 30.9. The van der Waals surface area contributed by atoms with Gasteiger partial charge in [-0.1, -0.05) is 24.8 Å². The van der Waals surface area contributed by atoms with E-state index in [4.69, 9.17) is 0 Å². The highest BCUT2D eigenvalue weighted by molar-refractivity contribution is 7.03. The van der Waals surface area contributed by atoms with Crippen molar-refractivity contribution in [2.75, 3.05) is 0 Å². The summed E-state index contributed by atoms with van der Waals surface area (Å²) in [7, 11) is 0. The molecular formula is C11H19N3S. The van der Waals surface area contributed by atoms with Crippen molar-refractivity contribution >= 4 is 11.5 Å². The molecule has 1 saturated carbocycles. The van der Waals surface area contributed by atoms with Crippen molar-refractivity contribution in [2.45, 2.75) is 45.7 Å². The second kappa shape index (κ2) is 5.03. The first-order valence-electron chi connectivity index (χ1n) is 5.80. The molecule has 4 heteroatoms. The van der Waals surface area contributed by atoms with E-state index in [0.29, 0.717) is 6.04 Å². The molecule has 2 rings (SSSR count). The Morgan fingerprint density at radius 3 is 3.00 bits per heavy atom. The van der Waals surface area contributed by atoms with Crippen LogP contribution in [0.15, 0.2) is 5.38 Å². The van der Waals surface area contributed by atoms with Crippen LogP contribution in [-0.2, 0) is 6.54 Å². The summed E-state index contributed by atoms with van der Waals surface area (Å²) in [6, 6.07) is 0.677. The Hall–Kier alpha value is -0.480. The quantitative estimate of drug-likeness (QED) is 0.855. The molecule has 1 aromatic heterocycles. The maximum atomic E-state index is 4.05. The minimum atomic E-state index is 0.677. The molecule has 0 amide bonds. The molecule has 15 heavy (non-hydrogen) atoms. The van der Waals surface area contributed by atoms with Gasteiger partial charge in [0.15, 0.2) is 0 Å². The topological polar surface area (TPSA) is 37.8 Å². The van der Waals surface area contributed by atoms with Gasteiger partial charge in [0.25, 0.3) is 0 Å². The lowest BCUT2D eigenvalue weighted by atomic mass is 9.93. The summed E-state index contributed by atoms with van der Waals surface area (Å²) >= 11 is 1.43. The van der Waals surface area contributed by atoms with Crippen LogP contribution in [0.1, 0.15) is 38.8 Å². The van der Waals surface area contributed by atoms with E-state index in [0.717, 1.165) is 24.1 Å². The Morgan fingerprint density at radius 2 is 2.40 bits per heavy atom. The van der Waals surface area contributed by atoms with Gasteiger partial charge in [0.1, 0.15) is 0 Å². The van der Waals surface area contributed by atoms with Crippen molar-refractivity contribution in [3.8, 4) is 0 Å². The summed E-state index contributed by atoms with van der Waals surface area (Å²) in [5, 5.41) is 9.67. The van der Waals surface area contributed by atoms with Gasteiger partial charge in [-0.05, 0) is 36.2 Å². The van der Waals surface area contributed by atoms with Gasteiger partial charge in [-0.15, -0.1) is 5.10 Å². The summed E-state index contributed by atoms with van der Waals surface area (Å²) in [6.07, 6.45) is 4.01. The van der Waals surface area contributed by atoms with E-state index in [-0.39, 0.29) is 0 Å². The molecule has 3 atom stereocenters. The molecule has 1 N–H and O–H groups in total. The van der Waals surface area contributed by atoms with E-state index in [1.165, 1.54) is 30.8 Å². The first-order valence-corrected chi connectivity index (χ1v) is 6.64. The standard InChI is InChI=1S/C11H19N3S/c1-3-9-4-5-11(8(9)2)12-6-10-7-15-14-13-10/h7-9,11-12H,3-6H2,1-2H3. The number of hydrogen-bond acceptors (Lipinski definition) is 4. The number of rotatable bonds is 4. The maximum Gasteiger partial charge on any atom is 0.0893 e. The van der Waals surface area contributed by atoms with Gasteiger partial charge >= 0.3 is 0 Å². The van der Waals surface area contributed by atoms with Crippen molar-refractivity contribution in [3.63, 3.8) is 0 Å². The highest BCUT2D eigenvalue weighted by atomic mass is 32.1. The van der Waals surface area contributed by atoms with Crippen molar-refractivity contribution in [3.05, 3.63) is 11.1 Å². The molecule has 0 aliphatic heterocycles. The summed E-state index contributed by atoms with van der Waals surface area (Å²) in [5.41, 5.74) is 1.08. The number of nitrogens with one attached hydrogen (secondary N) is 1. The van der Waals surface area contributed by atoms with Gasteiger partial charge in [0.05, 0.1) is 5.69 Å².